The molecule has 0 saturated carbocycles. The van der Waals surface area contributed by atoms with Gasteiger partial charge in [0.2, 0.25) is 11.8 Å². The highest BCUT2D eigenvalue weighted by Crippen LogP contribution is 2.47. The Labute approximate surface area is 192 Å². The van der Waals surface area contributed by atoms with Gasteiger partial charge in [-0.2, -0.15) is 5.26 Å². The summed E-state index contributed by atoms with van der Waals surface area (Å²) in [5.74, 6) is -4.58. The van der Waals surface area contributed by atoms with Gasteiger partial charge in [0.15, 0.2) is 5.78 Å². The Bertz CT molecular complexity index is 1380. The molecule has 3 aliphatic rings. The highest BCUT2D eigenvalue weighted by atomic mass is 19.1. The number of imide groups is 1. The van der Waals surface area contributed by atoms with Crippen LogP contribution in [0.25, 0.3) is 0 Å². The van der Waals surface area contributed by atoms with Gasteiger partial charge < -0.3 is 4.90 Å². The summed E-state index contributed by atoms with van der Waals surface area (Å²) in [6.07, 6.45) is 4.50. The molecule has 2 amide bonds. The number of anilines is 1. The van der Waals surface area contributed by atoms with Crippen molar-refractivity contribution >= 4 is 29.0 Å². The molecule has 10 heteroatoms. The van der Waals surface area contributed by atoms with Gasteiger partial charge in [-0.25, -0.2) is 9.29 Å². The quantitative estimate of drug-likeness (QED) is 0.299. The normalized spacial score (nSPS) is 25.0. The van der Waals surface area contributed by atoms with Crippen LogP contribution in [0, 0.1) is 39.1 Å². The number of amides is 2. The molecule has 2 saturated heterocycles. The summed E-state index contributed by atoms with van der Waals surface area (Å²) >= 11 is 0. The number of benzene rings is 2. The van der Waals surface area contributed by atoms with Crippen LogP contribution in [-0.4, -0.2) is 39.5 Å². The van der Waals surface area contributed by atoms with Gasteiger partial charge in [0.05, 0.1) is 40.1 Å². The summed E-state index contributed by atoms with van der Waals surface area (Å²) in [4.78, 5) is 53.5. The van der Waals surface area contributed by atoms with Gasteiger partial charge >= 0.3 is 0 Å². The maximum absolute atomic E-state index is 13.8. The second kappa shape index (κ2) is 7.74. The molecule has 0 unspecified atom stereocenters. The highest BCUT2D eigenvalue weighted by molar-refractivity contribution is 6.24. The van der Waals surface area contributed by atoms with Crippen molar-refractivity contribution in [3.63, 3.8) is 0 Å². The molecule has 0 aromatic heterocycles. The SMILES string of the molecule is N#CC1=C[C@@H]2[C@H]3C(=O)N(c4cccc(F)c4)C(=O)[C@@H]3[C@@H](C(=O)c3cccc([N+](=O)[O-])c3)N2C=C1. The largest absolute Gasteiger partial charge is 0.359 e. The highest BCUT2D eigenvalue weighted by Gasteiger charge is 2.63. The number of halogens is 1. The minimum absolute atomic E-state index is 0.0199. The van der Waals surface area contributed by atoms with Crippen LogP contribution in [0.15, 0.2) is 72.5 Å². The third-order valence-electron chi connectivity index (χ3n) is 6.35. The summed E-state index contributed by atoms with van der Waals surface area (Å²) in [7, 11) is 0. The lowest BCUT2D eigenvalue weighted by Gasteiger charge is -2.32. The lowest BCUT2D eigenvalue weighted by Crippen LogP contribution is -2.46. The first-order chi connectivity index (χ1) is 16.3. The van der Waals surface area contributed by atoms with Crippen molar-refractivity contribution in [1.82, 2.24) is 4.90 Å². The van der Waals surface area contributed by atoms with E-state index in [1.165, 1.54) is 54.8 Å². The molecule has 5 rings (SSSR count). The van der Waals surface area contributed by atoms with Crippen LogP contribution in [0.2, 0.25) is 0 Å². The zero-order valence-corrected chi connectivity index (χ0v) is 17.4. The molecule has 0 spiro atoms. The van der Waals surface area contributed by atoms with Crippen molar-refractivity contribution in [1.29, 1.82) is 5.26 Å². The molecule has 0 radical (unpaired) electrons. The summed E-state index contributed by atoms with van der Waals surface area (Å²) < 4.78 is 13.8. The Hall–Kier alpha value is -4.65. The molecule has 9 nitrogen and oxygen atoms in total. The van der Waals surface area contributed by atoms with Gasteiger partial charge in [0.1, 0.15) is 11.9 Å². The second-order valence-corrected chi connectivity index (χ2v) is 8.15. The van der Waals surface area contributed by atoms with Gasteiger partial charge in [-0.1, -0.05) is 18.2 Å². The summed E-state index contributed by atoms with van der Waals surface area (Å²) in [6, 6.07) is 10.3. The van der Waals surface area contributed by atoms with E-state index in [9.17, 15) is 34.2 Å². The Balaban J connectivity index is 1.61. The van der Waals surface area contributed by atoms with Gasteiger partial charge in [-0.15, -0.1) is 0 Å². The number of hydrogen-bond acceptors (Lipinski definition) is 7. The number of rotatable bonds is 4. The first-order valence-corrected chi connectivity index (χ1v) is 10.3. The van der Waals surface area contributed by atoms with Crippen LogP contribution < -0.4 is 4.90 Å². The number of nitrogens with zero attached hydrogens (tertiary/aromatic N) is 4. The molecule has 2 fully saturated rings. The van der Waals surface area contributed by atoms with Crippen molar-refractivity contribution < 1.29 is 23.7 Å². The van der Waals surface area contributed by atoms with Crippen LogP contribution in [0.1, 0.15) is 10.4 Å². The molecule has 2 aromatic rings. The monoisotopic (exact) mass is 458 g/mol. The Kier molecular flexibility index (Phi) is 4.83. The Morgan fingerprint density at radius 3 is 2.53 bits per heavy atom. The number of carbonyl (C=O) groups is 3. The van der Waals surface area contributed by atoms with Crippen LogP contribution >= 0.6 is 0 Å². The van der Waals surface area contributed by atoms with E-state index in [0.29, 0.717) is 0 Å². The fraction of sp³-hybridized carbons (Fsp3) is 0.167. The predicted octanol–water partition coefficient (Wildman–Crippen LogP) is 2.75. The maximum Gasteiger partial charge on any atom is 0.270 e. The molecule has 4 atom stereocenters. The van der Waals surface area contributed by atoms with Gasteiger partial charge in [-0.3, -0.25) is 24.5 Å². The number of ketones is 1. The molecule has 3 heterocycles. The molecular formula is C24H15FN4O5. The van der Waals surface area contributed by atoms with Gasteiger partial charge in [-0.05, 0) is 30.4 Å². The molecule has 0 N–H and O–H groups in total. The molecular weight excluding hydrogens is 443 g/mol. The van der Waals surface area contributed by atoms with Gasteiger partial charge in [0, 0.05) is 23.9 Å². The molecule has 0 bridgehead atoms. The van der Waals surface area contributed by atoms with E-state index in [-0.39, 0.29) is 22.5 Å². The summed E-state index contributed by atoms with van der Waals surface area (Å²) in [6.45, 7) is 0. The minimum atomic E-state index is -1.14. The second-order valence-electron chi connectivity index (χ2n) is 8.15. The zero-order chi connectivity index (χ0) is 24.1. The smallest absolute Gasteiger partial charge is 0.270 e. The fourth-order valence-corrected chi connectivity index (χ4v) is 4.93. The van der Waals surface area contributed by atoms with Gasteiger partial charge in [0.25, 0.3) is 5.69 Å². The number of Topliss-reactive ketones (excluding diaryl/α,β-unsaturated/α-hetero) is 1. The number of hydrogen-bond donors (Lipinski definition) is 0. The van der Waals surface area contributed by atoms with E-state index in [0.717, 1.165) is 17.0 Å². The predicted molar refractivity (Wildman–Crippen MR) is 116 cm³/mol. The van der Waals surface area contributed by atoms with Crippen LogP contribution in [-0.2, 0) is 9.59 Å². The van der Waals surface area contributed by atoms with E-state index in [2.05, 4.69) is 0 Å². The van der Waals surface area contributed by atoms with Crippen molar-refractivity contribution in [2.45, 2.75) is 12.1 Å². The Morgan fingerprint density at radius 1 is 1.09 bits per heavy atom. The third-order valence-corrected chi connectivity index (χ3v) is 6.35. The lowest BCUT2D eigenvalue weighted by molar-refractivity contribution is -0.384. The number of non-ortho nitro benzene ring substituents is 1. The van der Waals surface area contributed by atoms with Crippen molar-refractivity contribution in [3.05, 3.63) is 94.0 Å². The van der Waals surface area contributed by atoms with Crippen molar-refractivity contribution in [3.8, 4) is 6.07 Å². The fourth-order valence-electron chi connectivity index (χ4n) is 4.93. The first kappa shape index (κ1) is 21.2. The number of nitro benzene ring substituents is 1. The van der Waals surface area contributed by atoms with Crippen LogP contribution in [0.4, 0.5) is 15.8 Å². The number of nitriles is 1. The van der Waals surface area contributed by atoms with Crippen molar-refractivity contribution in [2.75, 3.05) is 4.90 Å². The topological polar surface area (TPSA) is 125 Å². The number of fused-ring (bicyclic) bond motifs is 3. The molecule has 168 valence electrons. The average molecular weight is 458 g/mol. The zero-order valence-electron chi connectivity index (χ0n) is 17.4. The van der Waals surface area contributed by atoms with Crippen LogP contribution in [0.5, 0.6) is 0 Å². The standard InChI is InChI=1S/C24H15FN4O5/c25-15-4-2-5-16(11-15)28-23(31)19-18-9-13(12-26)7-8-27(18)21(20(19)24(28)32)22(30)14-3-1-6-17(10-14)29(33)34/h1-11,18-21H/t18-,19-,20+,21+/m1/s1. The number of carbonyl (C=O) groups excluding carboxylic acids is 3. The van der Waals surface area contributed by atoms with E-state index in [1.807, 2.05) is 6.07 Å². The van der Waals surface area contributed by atoms with E-state index >= 15 is 0 Å². The first-order valence-electron chi connectivity index (χ1n) is 10.3. The number of nitro groups is 1. The van der Waals surface area contributed by atoms with E-state index < -0.39 is 52.3 Å². The summed E-state index contributed by atoms with van der Waals surface area (Å²) in [5, 5.41) is 20.5. The lowest BCUT2D eigenvalue weighted by atomic mass is 9.86. The van der Waals surface area contributed by atoms with Crippen molar-refractivity contribution in [2.24, 2.45) is 11.8 Å². The maximum atomic E-state index is 13.8. The Morgan fingerprint density at radius 2 is 1.82 bits per heavy atom. The summed E-state index contributed by atoms with van der Waals surface area (Å²) in [5.41, 5.74) is 0.0563. The third kappa shape index (κ3) is 3.09. The van der Waals surface area contributed by atoms with E-state index in [1.54, 1.807) is 4.90 Å². The molecule has 34 heavy (non-hydrogen) atoms. The molecule has 3 aliphatic heterocycles. The molecule has 2 aromatic carbocycles. The number of allylic oxidation sites excluding steroid dienone is 2. The minimum Gasteiger partial charge on any atom is -0.359 e. The van der Waals surface area contributed by atoms with E-state index in [4.69, 9.17) is 0 Å². The molecule has 0 aliphatic carbocycles. The van der Waals surface area contributed by atoms with Crippen LogP contribution in [0.3, 0.4) is 0 Å². The average Bonchev–Trinajstić information content (AvgIpc) is 3.30.